The van der Waals surface area contributed by atoms with E-state index in [1.807, 2.05) is 0 Å². The van der Waals surface area contributed by atoms with E-state index >= 15 is 0 Å². The Hall–Kier alpha value is -2.87. The number of amides is 1. The minimum atomic E-state index is -0.465. The van der Waals surface area contributed by atoms with Crippen LogP contribution in [-0.4, -0.2) is 24.7 Å². The fraction of sp³-hybridized carbons (Fsp3) is 0.0455. The van der Waals surface area contributed by atoms with Gasteiger partial charge in [-0.15, -0.1) is 0 Å². The van der Waals surface area contributed by atoms with Gasteiger partial charge in [-0.3, -0.25) is 4.79 Å². The highest BCUT2D eigenvalue weighted by atomic mass is 79.9. The van der Waals surface area contributed by atoms with Crippen molar-refractivity contribution in [3.05, 3.63) is 92.4 Å². The summed E-state index contributed by atoms with van der Waals surface area (Å²) in [6.45, 7) is -0.275. The van der Waals surface area contributed by atoms with Crippen molar-refractivity contribution in [2.45, 2.75) is 0 Å². The van der Waals surface area contributed by atoms with Crippen molar-refractivity contribution in [1.82, 2.24) is 5.43 Å². The van der Waals surface area contributed by atoms with Crippen LogP contribution in [0.15, 0.2) is 76.3 Å². The summed E-state index contributed by atoms with van der Waals surface area (Å²) in [5.41, 5.74) is 3.49. The number of carbonyl (C=O) groups excluding carboxylic acids is 2. The molecule has 0 saturated heterocycles. The van der Waals surface area contributed by atoms with Gasteiger partial charge in [-0.2, -0.15) is 5.10 Å². The Bertz CT molecular complexity index is 1100. The first-order valence-corrected chi connectivity index (χ1v) is 10.4. The molecule has 3 rings (SSSR count). The van der Waals surface area contributed by atoms with E-state index < -0.39 is 11.9 Å². The van der Waals surface area contributed by atoms with Gasteiger partial charge in [0.1, 0.15) is 16.5 Å². The molecule has 9 heteroatoms. The maximum absolute atomic E-state index is 12.1. The number of hydrazone groups is 1. The van der Waals surface area contributed by atoms with Crippen LogP contribution < -0.4 is 14.9 Å². The van der Waals surface area contributed by atoms with Crippen LogP contribution >= 0.6 is 39.1 Å². The fourth-order valence-electron chi connectivity index (χ4n) is 2.32. The summed E-state index contributed by atoms with van der Waals surface area (Å²) in [4.78, 5) is 24.0. The molecule has 6 nitrogen and oxygen atoms in total. The van der Waals surface area contributed by atoms with E-state index in [4.69, 9.17) is 32.7 Å². The number of nitrogens with zero attached hydrogens (tertiary/aromatic N) is 1. The first-order chi connectivity index (χ1) is 14.9. The van der Waals surface area contributed by atoms with Crippen molar-refractivity contribution < 1.29 is 19.1 Å². The van der Waals surface area contributed by atoms with Gasteiger partial charge < -0.3 is 9.47 Å². The average molecular weight is 522 g/mol. The number of benzene rings is 3. The van der Waals surface area contributed by atoms with Crippen molar-refractivity contribution in [3.63, 3.8) is 0 Å². The van der Waals surface area contributed by atoms with Crippen molar-refractivity contribution >= 4 is 57.2 Å². The Balaban J connectivity index is 1.47. The number of nitrogens with one attached hydrogen (secondary N) is 1. The molecule has 3 aromatic rings. The maximum atomic E-state index is 12.1. The molecule has 158 valence electrons. The summed E-state index contributed by atoms with van der Waals surface area (Å²) in [5, 5.41) is 4.44. The van der Waals surface area contributed by atoms with E-state index in [1.165, 1.54) is 6.21 Å². The molecule has 0 spiro atoms. The summed E-state index contributed by atoms with van der Waals surface area (Å²) in [6, 6.07) is 18.4. The van der Waals surface area contributed by atoms with E-state index in [0.29, 0.717) is 27.6 Å². The molecule has 1 amide bonds. The van der Waals surface area contributed by atoms with Gasteiger partial charge in [0.15, 0.2) is 6.61 Å². The molecule has 0 saturated carbocycles. The SMILES string of the molecule is O=C(COc1cccc(Cl)c1Cl)N/N=C\c1ccc(OC(=O)c2ccc(Br)cc2)cc1. The molecule has 3 aromatic carbocycles. The van der Waals surface area contributed by atoms with E-state index in [-0.39, 0.29) is 11.6 Å². The topological polar surface area (TPSA) is 77.0 Å². The van der Waals surface area contributed by atoms with Crippen molar-refractivity contribution in [3.8, 4) is 11.5 Å². The highest BCUT2D eigenvalue weighted by molar-refractivity contribution is 9.10. The lowest BCUT2D eigenvalue weighted by Crippen LogP contribution is -2.24. The molecular weight excluding hydrogens is 507 g/mol. The molecule has 0 atom stereocenters. The number of hydrogen-bond acceptors (Lipinski definition) is 5. The number of halogens is 3. The Morgan fingerprint density at radius 1 is 1.00 bits per heavy atom. The Labute approximate surface area is 196 Å². The molecule has 0 aliphatic carbocycles. The molecule has 0 aliphatic rings. The number of esters is 1. The second-order valence-corrected chi connectivity index (χ2v) is 7.80. The predicted octanol–water partition coefficient (Wildman–Crippen LogP) is 5.50. The molecule has 0 aliphatic heterocycles. The van der Waals surface area contributed by atoms with Gasteiger partial charge in [0.05, 0.1) is 16.8 Å². The molecule has 1 N–H and O–H groups in total. The lowest BCUT2D eigenvalue weighted by molar-refractivity contribution is -0.123. The smallest absolute Gasteiger partial charge is 0.343 e. The highest BCUT2D eigenvalue weighted by Crippen LogP contribution is 2.31. The quantitative estimate of drug-likeness (QED) is 0.192. The zero-order valence-electron chi connectivity index (χ0n) is 15.8. The van der Waals surface area contributed by atoms with Crippen molar-refractivity contribution in [1.29, 1.82) is 0 Å². The monoisotopic (exact) mass is 520 g/mol. The number of hydrogen-bond donors (Lipinski definition) is 1. The number of rotatable bonds is 7. The Morgan fingerprint density at radius 3 is 2.42 bits per heavy atom. The third-order valence-corrected chi connectivity index (χ3v) is 5.18. The average Bonchev–Trinajstić information content (AvgIpc) is 2.76. The molecule has 0 radical (unpaired) electrons. The van der Waals surface area contributed by atoms with E-state index in [0.717, 1.165) is 4.47 Å². The van der Waals surface area contributed by atoms with Crippen LogP contribution in [-0.2, 0) is 4.79 Å². The minimum Gasteiger partial charge on any atom is -0.482 e. The van der Waals surface area contributed by atoms with Gasteiger partial charge >= 0.3 is 5.97 Å². The summed E-state index contributed by atoms with van der Waals surface area (Å²) < 4.78 is 11.5. The largest absolute Gasteiger partial charge is 0.482 e. The molecule has 0 unspecified atom stereocenters. The highest BCUT2D eigenvalue weighted by Gasteiger charge is 2.09. The first kappa shape index (κ1) is 22.8. The standard InChI is InChI=1S/C22H15BrCl2N2O4/c23-16-8-6-15(7-9-16)22(29)31-17-10-4-14(5-11-17)12-26-27-20(28)13-30-19-3-1-2-18(24)21(19)25/h1-12H,13H2,(H,27,28)/b26-12-. The molecule has 0 fully saturated rings. The summed E-state index contributed by atoms with van der Waals surface area (Å²) in [5.74, 6) is -0.226. The maximum Gasteiger partial charge on any atom is 0.343 e. The van der Waals surface area contributed by atoms with Crippen LogP contribution in [0.4, 0.5) is 0 Å². The van der Waals surface area contributed by atoms with Gasteiger partial charge in [-0.1, -0.05) is 45.2 Å². The van der Waals surface area contributed by atoms with Gasteiger partial charge in [-0.25, -0.2) is 10.2 Å². The second kappa shape index (κ2) is 10.9. The Kier molecular flexibility index (Phi) is 8.06. The van der Waals surface area contributed by atoms with Crippen LogP contribution in [0, 0.1) is 0 Å². The molecule has 0 aromatic heterocycles. The molecular formula is C22H15BrCl2N2O4. The number of ether oxygens (including phenoxy) is 2. The van der Waals surface area contributed by atoms with Crippen LogP contribution in [0.25, 0.3) is 0 Å². The zero-order chi connectivity index (χ0) is 22.2. The fourth-order valence-corrected chi connectivity index (χ4v) is 2.93. The van der Waals surface area contributed by atoms with Gasteiger partial charge in [0, 0.05) is 4.47 Å². The van der Waals surface area contributed by atoms with Crippen LogP contribution in [0.1, 0.15) is 15.9 Å². The lowest BCUT2D eigenvalue weighted by atomic mass is 10.2. The third kappa shape index (κ3) is 6.82. The van der Waals surface area contributed by atoms with Crippen molar-refractivity contribution in [2.75, 3.05) is 6.61 Å². The normalized spacial score (nSPS) is 10.7. The first-order valence-electron chi connectivity index (χ1n) is 8.89. The van der Waals surface area contributed by atoms with Crippen molar-refractivity contribution in [2.24, 2.45) is 5.10 Å². The Morgan fingerprint density at radius 2 is 1.71 bits per heavy atom. The summed E-state index contributed by atoms with van der Waals surface area (Å²) in [7, 11) is 0. The van der Waals surface area contributed by atoms with Crippen LogP contribution in [0.3, 0.4) is 0 Å². The van der Waals surface area contributed by atoms with E-state index in [1.54, 1.807) is 66.7 Å². The third-order valence-electron chi connectivity index (χ3n) is 3.85. The number of carbonyl (C=O) groups is 2. The summed E-state index contributed by atoms with van der Waals surface area (Å²) >= 11 is 15.2. The van der Waals surface area contributed by atoms with E-state index in [2.05, 4.69) is 26.5 Å². The second-order valence-electron chi connectivity index (χ2n) is 6.10. The van der Waals surface area contributed by atoms with E-state index in [9.17, 15) is 9.59 Å². The zero-order valence-corrected chi connectivity index (χ0v) is 18.9. The lowest BCUT2D eigenvalue weighted by Gasteiger charge is -2.07. The molecule has 0 heterocycles. The van der Waals surface area contributed by atoms with Crippen LogP contribution in [0.2, 0.25) is 10.0 Å². The molecule has 0 bridgehead atoms. The van der Waals surface area contributed by atoms with Gasteiger partial charge in [0.25, 0.3) is 5.91 Å². The van der Waals surface area contributed by atoms with Gasteiger partial charge in [0.2, 0.25) is 0 Å². The molecule has 31 heavy (non-hydrogen) atoms. The van der Waals surface area contributed by atoms with Gasteiger partial charge in [-0.05, 0) is 66.2 Å². The summed E-state index contributed by atoms with van der Waals surface area (Å²) in [6.07, 6.45) is 1.45. The predicted molar refractivity (Wildman–Crippen MR) is 123 cm³/mol. The minimum absolute atomic E-state index is 0.237. The van der Waals surface area contributed by atoms with Crippen LogP contribution in [0.5, 0.6) is 11.5 Å².